The maximum Gasteiger partial charge on any atom is 0.306 e. The molecule has 0 spiro atoms. The van der Waals surface area contributed by atoms with E-state index in [-0.39, 0.29) is 54.8 Å². The molecule has 12 nitrogen and oxygen atoms in total. The Morgan fingerprint density at radius 3 is 2.57 bits per heavy atom. The third-order valence-electron chi connectivity index (χ3n) is 10.0. The zero-order chi connectivity index (χ0) is 33.0. The van der Waals surface area contributed by atoms with Crippen LogP contribution < -0.4 is 15.8 Å². The maximum absolute atomic E-state index is 13.8. The SMILES string of the molecule is CCOC(=O)CCC(=O)N[C@H](C)c1ccc2cc(-c3nc4cc(C(=O)N5[C@H]6CC[C@@H]5[C@H](N)C6)cc(OC)n4c3C)n(CC3CC3)c2n1. The lowest BCUT2D eigenvalue weighted by Crippen LogP contribution is -2.40. The van der Waals surface area contributed by atoms with E-state index in [1.54, 1.807) is 14.0 Å². The highest BCUT2D eigenvalue weighted by Crippen LogP contribution is 2.40. The lowest BCUT2D eigenvalue weighted by atomic mass is 9.97. The Bertz CT molecular complexity index is 1870. The Hall–Kier alpha value is -4.45. The molecule has 0 unspecified atom stereocenters. The van der Waals surface area contributed by atoms with Crippen molar-refractivity contribution in [1.29, 1.82) is 0 Å². The van der Waals surface area contributed by atoms with E-state index < -0.39 is 0 Å². The average molecular weight is 642 g/mol. The number of fused-ring (bicyclic) bond motifs is 4. The summed E-state index contributed by atoms with van der Waals surface area (Å²) < 4.78 is 15.0. The van der Waals surface area contributed by atoms with Gasteiger partial charge in [-0.25, -0.2) is 9.97 Å². The predicted molar refractivity (Wildman–Crippen MR) is 176 cm³/mol. The van der Waals surface area contributed by atoms with E-state index in [9.17, 15) is 14.4 Å². The molecule has 2 bridgehead atoms. The minimum absolute atomic E-state index is 0.0184. The number of hydrogen-bond donors (Lipinski definition) is 2. The second-order valence-electron chi connectivity index (χ2n) is 13.3. The molecule has 2 saturated heterocycles. The summed E-state index contributed by atoms with van der Waals surface area (Å²) in [6, 6.07) is 9.71. The minimum atomic E-state index is -0.383. The van der Waals surface area contributed by atoms with Crippen LogP contribution in [-0.4, -0.2) is 73.5 Å². The number of hydrogen-bond acceptors (Lipinski definition) is 8. The predicted octanol–water partition coefficient (Wildman–Crippen LogP) is 4.30. The molecule has 6 heterocycles. The largest absolute Gasteiger partial charge is 0.482 e. The first kappa shape index (κ1) is 31.2. The van der Waals surface area contributed by atoms with Gasteiger partial charge in [0.05, 0.1) is 43.3 Å². The number of ether oxygens (including phenoxy) is 2. The van der Waals surface area contributed by atoms with Crippen molar-refractivity contribution in [3.8, 4) is 17.3 Å². The van der Waals surface area contributed by atoms with Crippen LogP contribution >= 0.6 is 0 Å². The van der Waals surface area contributed by atoms with E-state index in [1.807, 2.05) is 47.4 Å². The highest BCUT2D eigenvalue weighted by molar-refractivity contribution is 5.97. The fourth-order valence-electron chi connectivity index (χ4n) is 7.45. The summed E-state index contributed by atoms with van der Waals surface area (Å²) in [5.74, 6) is 0.485. The minimum Gasteiger partial charge on any atom is -0.482 e. The van der Waals surface area contributed by atoms with Crippen LogP contribution in [0.15, 0.2) is 30.3 Å². The fourth-order valence-corrected chi connectivity index (χ4v) is 7.45. The van der Waals surface area contributed by atoms with Crippen molar-refractivity contribution in [3.63, 3.8) is 0 Å². The van der Waals surface area contributed by atoms with Crippen LogP contribution in [0.2, 0.25) is 0 Å². The first-order valence-electron chi connectivity index (χ1n) is 16.8. The zero-order valence-corrected chi connectivity index (χ0v) is 27.5. The molecule has 0 aromatic carbocycles. The number of nitrogens with two attached hydrogens (primary N) is 1. The number of aryl methyl sites for hydroxylation is 1. The molecule has 1 aliphatic carbocycles. The molecule has 248 valence electrons. The van der Waals surface area contributed by atoms with Crippen LogP contribution in [0.1, 0.15) is 86.6 Å². The molecule has 4 aromatic rings. The standard InChI is InChI=1S/C35H43N7O5/c1-5-47-32(44)13-12-30(43)37-19(2)26-10-8-22-14-28(40(34(22)38-26)18-21-6-7-21)33-20(3)41-29(39-33)15-23(16-31(41)46-4)35(45)42-24-9-11-27(42)25(36)17-24/h8,10,14-16,19,21,24-25,27H,5-7,9,11-13,17-18,36H2,1-4H3,(H,37,43)/t19-,24+,25-,27-/m1/s1. The number of esters is 1. The number of carbonyl (C=O) groups is 3. The molecule has 7 rings (SSSR count). The van der Waals surface area contributed by atoms with Gasteiger partial charge in [-0.1, -0.05) is 0 Å². The normalized spacial score (nSPS) is 21.0. The van der Waals surface area contributed by atoms with Crippen LogP contribution in [0.25, 0.3) is 28.1 Å². The second-order valence-corrected chi connectivity index (χ2v) is 13.3. The summed E-state index contributed by atoms with van der Waals surface area (Å²) in [4.78, 5) is 50.2. The number of methoxy groups -OCH3 is 1. The number of nitrogens with one attached hydrogen (secondary N) is 1. The summed E-state index contributed by atoms with van der Waals surface area (Å²) in [7, 11) is 1.62. The third-order valence-corrected chi connectivity index (χ3v) is 10.0. The topological polar surface area (TPSA) is 146 Å². The monoisotopic (exact) mass is 641 g/mol. The molecular weight excluding hydrogens is 598 g/mol. The summed E-state index contributed by atoms with van der Waals surface area (Å²) in [6.45, 7) is 6.76. The Morgan fingerprint density at radius 1 is 1.09 bits per heavy atom. The lowest BCUT2D eigenvalue weighted by Gasteiger charge is -2.23. The molecule has 2 aliphatic heterocycles. The number of nitrogens with zero attached hydrogens (tertiary/aromatic N) is 5. The molecule has 47 heavy (non-hydrogen) atoms. The van der Waals surface area contributed by atoms with Crippen LogP contribution in [0.5, 0.6) is 5.88 Å². The van der Waals surface area contributed by atoms with Crippen LogP contribution in [0, 0.1) is 12.8 Å². The Kier molecular flexibility index (Phi) is 8.15. The van der Waals surface area contributed by atoms with Gasteiger partial charge in [-0.15, -0.1) is 0 Å². The van der Waals surface area contributed by atoms with E-state index in [2.05, 4.69) is 16.0 Å². The Balaban J connectivity index is 1.22. The molecule has 2 amide bonds. The van der Waals surface area contributed by atoms with Gasteiger partial charge in [0.1, 0.15) is 17.0 Å². The van der Waals surface area contributed by atoms with Gasteiger partial charge >= 0.3 is 5.97 Å². The fraction of sp³-hybridized carbons (Fsp3) is 0.514. The maximum atomic E-state index is 13.8. The number of rotatable bonds is 11. The zero-order valence-electron chi connectivity index (χ0n) is 27.5. The van der Waals surface area contributed by atoms with Crippen molar-refractivity contribution < 1.29 is 23.9 Å². The molecule has 4 aromatic heterocycles. The first-order chi connectivity index (χ1) is 22.7. The molecular formula is C35H43N7O5. The van der Waals surface area contributed by atoms with Crippen molar-refractivity contribution >= 4 is 34.5 Å². The van der Waals surface area contributed by atoms with E-state index in [0.717, 1.165) is 72.5 Å². The molecule has 1 saturated carbocycles. The van der Waals surface area contributed by atoms with Crippen molar-refractivity contribution in [2.24, 2.45) is 11.7 Å². The van der Waals surface area contributed by atoms with Gasteiger partial charge in [-0.2, -0.15) is 0 Å². The summed E-state index contributed by atoms with van der Waals surface area (Å²) in [5, 5.41) is 3.95. The van der Waals surface area contributed by atoms with Crippen molar-refractivity contribution in [1.82, 2.24) is 29.2 Å². The molecule has 3 aliphatic rings. The van der Waals surface area contributed by atoms with Gasteiger partial charge in [0, 0.05) is 48.1 Å². The van der Waals surface area contributed by atoms with E-state index in [4.69, 9.17) is 25.2 Å². The van der Waals surface area contributed by atoms with E-state index in [1.165, 1.54) is 0 Å². The lowest BCUT2D eigenvalue weighted by molar-refractivity contribution is -0.144. The Labute approximate surface area is 273 Å². The van der Waals surface area contributed by atoms with Crippen molar-refractivity contribution in [2.75, 3.05) is 13.7 Å². The average Bonchev–Trinajstić information content (AvgIpc) is 3.37. The number of amides is 2. The number of pyridine rings is 2. The molecule has 3 fully saturated rings. The van der Waals surface area contributed by atoms with Gasteiger partial charge < -0.3 is 30.0 Å². The van der Waals surface area contributed by atoms with Gasteiger partial charge in [0.15, 0.2) is 5.88 Å². The first-order valence-corrected chi connectivity index (χ1v) is 16.8. The second kappa shape index (κ2) is 12.3. The van der Waals surface area contributed by atoms with Crippen molar-refractivity contribution in [3.05, 3.63) is 47.3 Å². The molecule has 0 radical (unpaired) electrons. The van der Waals surface area contributed by atoms with Gasteiger partial charge in [-0.3, -0.25) is 18.8 Å². The van der Waals surface area contributed by atoms with Gasteiger partial charge in [0.2, 0.25) is 5.91 Å². The van der Waals surface area contributed by atoms with Crippen molar-refractivity contribution in [2.45, 2.75) is 96.4 Å². The third kappa shape index (κ3) is 5.72. The molecule has 3 N–H and O–H groups in total. The van der Waals surface area contributed by atoms with Crippen LogP contribution in [0.3, 0.4) is 0 Å². The smallest absolute Gasteiger partial charge is 0.306 e. The summed E-state index contributed by atoms with van der Waals surface area (Å²) >= 11 is 0. The number of aromatic nitrogens is 4. The summed E-state index contributed by atoms with van der Waals surface area (Å²) in [5.41, 5.74) is 11.8. The molecule has 4 atom stereocenters. The number of imidazole rings is 1. The van der Waals surface area contributed by atoms with Crippen LogP contribution in [-0.2, 0) is 20.9 Å². The summed E-state index contributed by atoms with van der Waals surface area (Å²) in [6.07, 6.45) is 5.23. The van der Waals surface area contributed by atoms with E-state index >= 15 is 0 Å². The van der Waals surface area contributed by atoms with E-state index in [0.29, 0.717) is 29.6 Å². The van der Waals surface area contributed by atoms with Gasteiger partial charge in [0.25, 0.3) is 5.91 Å². The van der Waals surface area contributed by atoms with Crippen LogP contribution in [0.4, 0.5) is 0 Å². The molecule has 12 heteroatoms. The Morgan fingerprint density at radius 2 is 1.89 bits per heavy atom. The highest BCUT2D eigenvalue weighted by atomic mass is 16.5. The van der Waals surface area contributed by atoms with Gasteiger partial charge in [-0.05, 0) is 83.1 Å². The quantitative estimate of drug-likeness (QED) is 0.231. The number of carbonyl (C=O) groups excluding carboxylic acids is 3. The highest BCUT2D eigenvalue weighted by Gasteiger charge is 2.47.